The first-order valence-electron chi connectivity index (χ1n) is 8.97. The third kappa shape index (κ3) is 3.30. The zero-order valence-corrected chi connectivity index (χ0v) is 16.7. The lowest BCUT2D eigenvalue weighted by Gasteiger charge is -2.21. The second-order valence-corrected chi connectivity index (χ2v) is 8.00. The number of carbonyl (C=O) groups excluding carboxylic acids is 1. The van der Waals surface area contributed by atoms with Gasteiger partial charge < -0.3 is 15.1 Å². The largest absolute Gasteiger partial charge is 0.506 e. The van der Waals surface area contributed by atoms with Crippen LogP contribution < -0.4 is 9.47 Å². The summed E-state index contributed by atoms with van der Waals surface area (Å²) in [6.07, 6.45) is 1.57. The summed E-state index contributed by atoms with van der Waals surface area (Å²) in [5.74, 6) is -1.29. The predicted molar refractivity (Wildman–Crippen MR) is 113 cm³/mol. The van der Waals surface area contributed by atoms with Crippen molar-refractivity contribution in [1.29, 1.82) is 0 Å². The molecule has 2 aromatic carbocycles. The fraction of sp³-hybridized carbons (Fsp3) is 0.136. The van der Waals surface area contributed by atoms with E-state index in [1.54, 1.807) is 22.8 Å². The number of fused-ring (bicyclic) bond motifs is 1. The van der Waals surface area contributed by atoms with Crippen LogP contribution in [-0.2, 0) is 16.1 Å². The molecule has 0 aliphatic heterocycles. The van der Waals surface area contributed by atoms with E-state index in [0.29, 0.717) is 10.6 Å². The molecule has 1 aromatic heterocycles. The Bertz CT molecular complexity index is 1200. The number of carboxylic acid groups (broad SMARTS) is 1. The van der Waals surface area contributed by atoms with Crippen LogP contribution in [0.2, 0.25) is 0 Å². The van der Waals surface area contributed by atoms with Crippen LogP contribution in [0.3, 0.4) is 0 Å². The highest BCUT2D eigenvalue weighted by atomic mass is 32.1. The molecule has 6 nitrogen and oxygen atoms in total. The molecule has 0 saturated carbocycles. The number of aliphatic hydroxyl groups excluding tert-OH is 1. The van der Waals surface area contributed by atoms with E-state index in [-0.39, 0.29) is 29.2 Å². The quantitative estimate of drug-likeness (QED) is 0.501. The second kappa shape index (κ2) is 7.18. The summed E-state index contributed by atoms with van der Waals surface area (Å²) < 4.78 is 2.55. The van der Waals surface area contributed by atoms with Crippen molar-refractivity contribution in [3.05, 3.63) is 70.4 Å². The number of thiazole rings is 1. The lowest BCUT2D eigenvalue weighted by atomic mass is 9.83. The van der Waals surface area contributed by atoms with E-state index in [1.807, 2.05) is 55.4 Å². The van der Waals surface area contributed by atoms with E-state index < -0.39 is 5.97 Å². The predicted octanol–water partition coefficient (Wildman–Crippen LogP) is 3.27. The van der Waals surface area contributed by atoms with Crippen molar-refractivity contribution in [3.63, 3.8) is 0 Å². The van der Waals surface area contributed by atoms with Gasteiger partial charge in [-0.1, -0.05) is 35.6 Å². The number of nitrogens with zero attached hydrogens (tertiary/aromatic N) is 2. The number of Topliss-reactive ketones (excluding diaryl/α,β-unsaturated/α-hetero) is 1. The van der Waals surface area contributed by atoms with Gasteiger partial charge in [-0.15, -0.1) is 0 Å². The van der Waals surface area contributed by atoms with E-state index in [1.165, 1.54) is 11.3 Å². The molecule has 7 heteroatoms. The third-order valence-electron chi connectivity index (χ3n) is 4.83. The van der Waals surface area contributed by atoms with E-state index in [4.69, 9.17) is 0 Å². The minimum Gasteiger partial charge on any atom is -0.506 e. The van der Waals surface area contributed by atoms with Crippen molar-refractivity contribution in [3.8, 4) is 0 Å². The lowest BCUT2D eigenvalue weighted by molar-refractivity contribution is -0.657. The Morgan fingerprint density at radius 3 is 2.45 bits per heavy atom. The SMILES string of the molecule is CN(C)c1ccc(C2=C(O)C(=Cc3sc4ccccc4[n+]3CC(=O)O)C2=O)cc1. The molecular weight excluding hydrogens is 388 g/mol. The number of ketones is 1. The van der Waals surface area contributed by atoms with Crippen molar-refractivity contribution >= 4 is 50.6 Å². The average molecular weight is 407 g/mol. The fourth-order valence-corrected chi connectivity index (χ4v) is 4.44. The van der Waals surface area contributed by atoms with Crippen LogP contribution in [0.25, 0.3) is 21.9 Å². The molecule has 1 heterocycles. The van der Waals surface area contributed by atoms with Crippen LogP contribution in [0, 0.1) is 0 Å². The Morgan fingerprint density at radius 1 is 1.14 bits per heavy atom. The fourth-order valence-electron chi connectivity index (χ4n) is 3.33. The van der Waals surface area contributed by atoms with Gasteiger partial charge in [0.1, 0.15) is 10.5 Å². The van der Waals surface area contributed by atoms with Crippen LogP contribution in [-0.4, -0.2) is 36.1 Å². The monoisotopic (exact) mass is 407 g/mol. The number of carbonyl (C=O) groups is 2. The van der Waals surface area contributed by atoms with Crippen LogP contribution in [0.15, 0.2) is 59.9 Å². The molecule has 0 unspecified atom stereocenters. The van der Waals surface area contributed by atoms with Gasteiger partial charge in [0, 0.05) is 31.9 Å². The number of rotatable bonds is 5. The molecule has 0 fully saturated rings. The second-order valence-electron chi connectivity index (χ2n) is 6.94. The Morgan fingerprint density at radius 2 is 1.83 bits per heavy atom. The zero-order valence-electron chi connectivity index (χ0n) is 15.9. The molecule has 1 aliphatic rings. The summed E-state index contributed by atoms with van der Waals surface area (Å²) in [5, 5.41) is 20.4. The molecule has 0 amide bonds. The Kier molecular flexibility index (Phi) is 4.68. The number of hydrogen-bond acceptors (Lipinski definition) is 5. The van der Waals surface area contributed by atoms with Crippen molar-refractivity contribution < 1.29 is 24.4 Å². The number of aromatic nitrogens is 1. The zero-order chi connectivity index (χ0) is 20.7. The highest BCUT2D eigenvalue weighted by Gasteiger charge is 2.36. The van der Waals surface area contributed by atoms with Gasteiger partial charge in [-0.3, -0.25) is 4.79 Å². The van der Waals surface area contributed by atoms with Crippen LogP contribution >= 0.6 is 11.3 Å². The average Bonchev–Trinajstić information content (AvgIpc) is 3.03. The number of aliphatic hydroxyl groups is 1. The molecule has 0 spiro atoms. The van der Waals surface area contributed by atoms with E-state index in [0.717, 1.165) is 15.9 Å². The molecule has 146 valence electrons. The van der Waals surface area contributed by atoms with Crippen LogP contribution in [0.5, 0.6) is 0 Å². The number of allylic oxidation sites excluding steroid dienone is 2. The van der Waals surface area contributed by atoms with Gasteiger partial charge in [-0.25, -0.2) is 4.79 Å². The first-order valence-corrected chi connectivity index (χ1v) is 9.79. The van der Waals surface area contributed by atoms with Crippen molar-refractivity contribution in [1.82, 2.24) is 0 Å². The van der Waals surface area contributed by atoms with Gasteiger partial charge in [0.2, 0.25) is 17.8 Å². The molecule has 1 aliphatic carbocycles. The maximum absolute atomic E-state index is 12.7. The normalized spacial score (nSPS) is 15.1. The minimum atomic E-state index is -0.973. The summed E-state index contributed by atoms with van der Waals surface area (Å²) >= 11 is 1.38. The van der Waals surface area contributed by atoms with E-state index >= 15 is 0 Å². The Labute approximate surface area is 171 Å². The van der Waals surface area contributed by atoms with Crippen LogP contribution in [0.1, 0.15) is 10.6 Å². The highest BCUT2D eigenvalue weighted by Crippen LogP contribution is 2.38. The van der Waals surface area contributed by atoms with Crippen molar-refractivity contribution in [2.24, 2.45) is 0 Å². The number of aliphatic carboxylic acids is 1. The van der Waals surface area contributed by atoms with Crippen LogP contribution in [0.4, 0.5) is 5.69 Å². The summed E-state index contributed by atoms with van der Waals surface area (Å²) in [6, 6.07) is 14.8. The van der Waals surface area contributed by atoms with Gasteiger partial charge in [0.25, 0.3) is 5.01 Å². The van der Waals surface area contributed by atoms with Crippen molar-refractivity contribution in [2.75, 3.05) is 19.0 Å². The van der Waals surface area contributed by atoms with E-state index in [9.17, 15) is 19.8 Å². The maximum atomic E-state index is 12.7. The van der Waals surface area contributed by atoms with Gasteiger partial charge in [-0.2, -0.15) is 4.57 Å². The molecular formula is C22H19N2O4S+. The Balaban J connectivity index is 1.75. The molecule has 0 bridgehead atoms. The molecule has 0 radical (unpaired) electrons. The number of para-hydroxylation sites is 1. The third-order valence-corrected chi connectivity index (χ3v) is 5.95. The number of carboxylic acids is 1. The van der Waals surface area contributed by atoms with Gasteiger partial charge in [-0.05, 0) is 23.8 Å². The maximum Gasteiger partial charge on any atom is 0.370 e. The summed E-state index contributed by atoms with van der Waals surface area (Å²) in [6.45, 7) is -0.222. The number of hydrogen-bond donors (Lipinski definition) is 2. The molecule has 0 saturated heterocycles. The number of anilines is 1. The lowest BCUT2D eigenvalue weighted by Crippen LogP contribution is -2.39. The van der Waals surface area contributed by atoms with Gasteiger partial charge in [0.15, 0.2) is 0 Å². The first-order chi connectivity index (χ1) is 13.9. The highest BCUT2D eigenvalue weighted by molar-refractivity contribution is 7.18. The first kappa shape index (κ1) is 18.9. The summed E-state index contributed by atoms with van der Waals surface area (Å²) in [7, 11) is 3.86. The topological polar surface area (TPSA) is 81.7 Å². The molecule has 2 N–H and O–H groups in total. The standard InChI is InChI=1S/C22H18N2O4S/c1-23(2)14-9-7-13(8-10-14)20-21(27)15(22(20)28)11-18-24(12-19(25)26)16-5-3-4-6-17(16)29-18/h3-11H,12H2,1-2H3,(H-,25,26,27,28)/p+1. The summed E-state index contributed by atoms with van der Waals surface area (Å²) in [4.78, 5) is 26.0. The van der Waals surface area contributed by atoms with E-state index in [2.05, 4.69) is 0 Å². The molecule has 4 rings (SSSR count). The smallest absolute Gasteiger partial charge is 0.370 e. The molecule has 0 atom stereocenters. The molecule has 3 aromatic rings. The Hall–Kier alpha value is -3.45. The van der Waals surface area contributed by atoms with Crippen molar-refractivity contribution in [2.45, 2.75) is 6.54 Å². The molecule has 29 heavy (non-hydrogen) atoms. The number of benzene rings is 2. The van der Waals surface area contributed by atoms with Gasteiger partial charge in [0.05, 0.1) is 11.1 Å². The summed E-state index contributed by atoms with van der Waals surface area (Å²) in [5.41, 5.74) is 2.91. The van der Waals surface area contributed by atoms with Gasteiger partial charge >= 0.3 is 5.97 Å². The minimum absolute atomic E-state index is 0.0630.